The van der Waals surface area contributed by atoms with Gasteiger partial charge in [-0.05, 0) is 44.9 Å². The number of rotatable bonds is 39. The monoisotopic (exact) mass is 676 g/mol. The van der Waals surface area contributed by atoms with Crippen LogP contribution in [0.3, 0.4) is 0 Å². The minimum atomic E-state index is -0.658. The summed E-state index contributed by atoms with van der Waals surface area (Å²) in [5, 5.41) is 23.1. The second-order valence-corrected chi connectivity index (χ2v) is 14.8. The van der Waals surface area contributed by atoms with Crippen molar-refractivity contribution in [3.63, 3.8) is 0 Å². The number of aliphatic hydroxyl groups is 2. The first-order valence-corrected chi connectivity index (χ1v) is 21.5. The summed E-state index contributed by atoms with van der Waals surface area (Å²) in [4.78, 5) is 12.4. The molecule has 0 aliphatic rings. The molecule has 1 amide bonds. The zero-order chi connectivity index (χ0) is 35.0. The van der Waals surface area contributed by atoms with E-state index in [2.05, 4.69) is 43.5 Å². The van der Waals surface area contributed by atoms with Gasteiger partial charge >= 0.3 is 0 Å². The summed E-state index contributed by atoms with van der Waals surface area (Å²) in [5.41, 5.74) is 0. The van der Waals surface area contributed by atoms with Gasteiger partial charge in [-0.2, -0.15) is 0 Å². The molecule has 4 heteroatoms. The molecule has 4 nitrogen and oxygen atoms in total. The van der Waals surface area contributed by atoms with E-state index in [1.165, 1.54) is 173 Å². The second kappa shape index (κ2) is 40.3. The molecule has 0 fully saturated rings. The quantitative estimate of drug-likeness (QED) is 0.0448. The summed E-state index contributed by atoms with van der Waals surface area (Å²) in [5.74, 6) is -0.0359. The van der Waals surface area contributed by atoms with Gasteiger partial charge in [-0.3, -0.25) is 4.79 Å². The van der Waals surface area contributed by atoms with Crippen molar-refractivity contribution in [1.82, 2.24) is 5.32 Å². The summed E-state index contributed by atoms with van der Waals surface area (Å²) in [6.45, 7) is 4.35. The fourth-order valence-electron chi connectivity index (χ4n) is 6.63. The molecule has 0 spiro atoms. The van der Waals surface area contributed by atoms with Crippen LogP contribution in [0.25, 0.3) is 0 Å². The molecule has 2 unspecified atom stereocenters. The number of hydrogen-bond donors (Lipinski definition) is 3. The Bertz CT molecular complexity index is 691. The predicted molar refractivity (Wildman–Crippen MR) is 212 cm³/mol. The maximum atomic E-state index is 12.4. The molecule has 0 aliphatic heterocycles. The van der Waals surface area contributed by atoms with E-state index in [1.54, 1.807) is 0 Å². The average molecular weight is 676 g/mol. The van der Waals surface area contributed by atoms with Gasteiger partial charge in [-0.15, -0.1) is 0 Å². The number of carbonyl (C=O) groups excluding carboxylic acids is 1. The third-order valence-electron chi connectivity index (χ3n) is 9.97. The van der Waals surface area contributed by atoms with Crippen LogP contribution in [0.2, 0.25) is 0 Å². The van der Waals surface area contributed by atoms with E-state index in [1.807, 2.05) is 0 Å². The second-order valence-electron chi connectivity index (χ2n) is 14.8. The van der Waals surface area contributed by atoms with Crippen LogP contribution in [0.4, 0.5) is 0 Å². The molecule has 284 valence electrons. The third-order valence-corrected chi connectivity index (χ3v) is 9.97. The lowest BCUT2D eigenvalue weighted by molar-refractivity contribution is -0.123. The first-order valence-electron chi connectivity index (χ1n) is 21.5. The summed E-state index contributed by atoms with van der Waals surface area (Å²) in [7, 11) is 0. The Morgan fingerprint density at radius 3 is 1.25 bits per heavy atom. The van der Waals surface area contributed by atoms with Crippen LogP contribution in [0.1, 0.15) is 232 Å². The lowest BCUT2D eigenvalue weighted by atomic mass is 10.0. The molecule has 0 bridgehead atoms. The third kappa shape index (κ3) is 36.2. The summed E-state index contributed by atoms with van der Waals surface area (Å²) in [6.07, 6.45) is 51.1. The van der Waals surface area contributed by atoms with E-state index >= 15 is 0 Å². The number of carbonyl (C=O) groups is 1. The van der Waals surface area contributed by atoms with E-state index in [-0.39, 0.29) is 12.5 Å². The summed E-state index contributed by atoms with van der Waals surface area (Å²) < 4.78 is 0. The highest BCUT2D eigenvalue weighted by atomic mass is 16.3. The van der Waals surface area contributed by atoms with Gasteiger partial charge in [0.15, 0.2) is 0 Å². The Morgan fingerprint density at radius 2 is 0.854 bits per heavy atom. The van der Waals surface area contributed by atoms with Crippen molar-refractivity contribution in [2.45, 2.75) is 244 Å². The standard InChI is InChI=1S/C44H85NO3/c1-3-5-7-9-11-13-15-16-17-18-19-20-21-22-23-24-25-26-27-28-30-32-34-36-38-40-44(48)45-42(41-46)43(47)39-37-35-33-31-29-14-12-10-8-6-4-2/h19-20,22-23,42-43,46-47H,3-18,21,24-41H2,1-2H3,(H,45,48)/b20-19-,23-22-. The highest BCUT2D eigenvalue weighted by Gasteiger charge is 2.19. The molecule has 3 N–H and O–H groups in total. The van der Waals surface area contributed by atoms with Gasteiger partial charge < -0.3 is 15.5 Å². The molecule has 0 aromatic heterocycles. The Balaban J connectivity index is 3.50. The molecule has 0 aromatic carbocycles. The molecule has 48 heavy (non-hydrogen) atoms. The Hall–Kier alpha value is -1.13. The largest absolute Gasteiger partial charge is 0.394 e. The van der Waals surface area contributed by atoms with Gasteiger partial charge in [0.2, 0.25) is 5.91 Å². The Morgan fingerprint density at radius 1 is 0.500 bits per heavy atom. The number of unbranched alkanes of at least 4 members (excludes halogenated alkanes) is 28. The lowest BCUT2D eigenvalue weighted by Gasteiger charge is -2.22. The normalized spacial score (nSPS) is 13.2. The van der Waals surface area contributed by atoms with Crippen LogP contribution in [-0.2, 0) is 4.79 Å². The lowest BCUT2D eigenvalue weighted by Crippen LogP contribution is -2.45. The fraction of sp³-hybridized carbons (Fsp3) is 0.886. The van der Waals surface area contributed by atoms with E-state index in [0.717, 1.165) is 32.1 Å². The molecule has 0 aliphatic carbocycles. The van der Waals surface area contributed by atoms with Crippen molar-refractivity contribution in [2.75, 3.05) is 6.61 Å². The molecule has 0 aromatic rings. The minimum Gasteiger partial charge on any atom is -0.394 e. The van der Waals surface area contributed by atoms with Gasteiger partial charge in [-0.25, -0.2) is 0 Å². The number of allylic oxidation sites excluding steroid dienone is 4. The molecular weight excluding hydrogens is 590 g/mol. The molecule has 0 heterocycles. The smallest absolute Gasteiger partial charge is 0.220 e. The number of aliphatic hydroxyl groups excluding tert-OH is 2. The van der Waals surface area contributed by atoms with Crippen molar-refractivity contribution in [2.24, 2.45) is 0 Å². The number of hydrogen-bond acceptors (Lipinski definition) is 3. The molecule has 0 saturated carbocycles. The highest BCUT2D eigenvalue weighted by molar-refractivity contribution is 5.76. The van der Waals surface area contributed by atoms with E-state index in [0.29, 0.717) is 12.8 Å². The number of nitrogens with one attached hydrogen (secondary N) is 1. The van der Waals surface area contributed by atoms with E-state index in [9.17, 15) is 15.0 Å². The zero-order valence-corrected chi connectivity index (χ0v) is 32.5. The van der Waals surface area contributed by atoms with Gasteiger partial charge in [0.1, 0.15) is 0 Å². The van der Waals surface area contributed by atoms with Crippen molar-refractivity contribution >= 4 is 5.91 Å². The van der Waals surface area contributed by atoms with E-state index < -0.39 is 12.1 Å². The van der Waals surface area contributed by atoms with Gasteiger partial charge in [0.25, 0.3) is 0 Å². The van der Waals surface area contributed by atoms with Gasteiger partial charge in [-0.1, -0.05) is 205 Å². The Kier molecular flexibility index (Phi) is 39.4. The Labute approximate surface area is 300 Å². The maximum Gasteiger partial charge on any atom is 0.220 e. The molecule has 2 atom stereocenters. The van der Waals surface area contributed by atoms with Crippen LogP contribution < -0.4 is 5.32 Å². The highest BCUT2D eigenvalue weighted by Crippen LogP contribution is 2.15. The van der Waals surface area contributed by atoms with Crippen LogP contribution in [0.5, 0.6) is 0 Å². The first-order chi connectivity index (χ1) is 23.7. The van der Waals surface area contributed by atoms with Crippen molar-refractivity contribution < 1.29 is 15.0 Å². The van der Waals surface area contributed by atoms with Gasteiger partial charge in [0.05, 0.1) is 18.8 Å². The van der Waals surface area contributed by atoms with Crippen LogP contribution in [-0.4, -0.2) is 34.9 Å². The number of amides is 1. The van der Waals surface area contributed by atoms with Crippen molar-refractivity contribution in [3.8, 4) is 0 Å². The van der Waals surface area contributed by atoms with Crippen LogP contribution >= 0.6 is 0 Å². The SMILES string of the molecule is CCCCCCCCCCC/C=C\C/C=C\CCCCCCCCCCCC(=O)NC(CO)C(O)CCCCCCCCCCCCC. The molecular formula is C44H85NO3. The average Bonchev–Trinajstić information content (AvgIpc) is 3.09. The first kappa shape index (κ1) is 46.9. The predicted octanol–water partition coefficient (Wildman–Crippen LogP) is 13.2. The van der Waals surface area contributed by atoms with Crippen molar-refractivity contribution in [1.29, 1.82) is 0 Å². The molecule has 0 radical (unpaired) electrons. The van der Waals surface area contributed by atoms with Crippen LogP contribution in [0.15, 0.2) is 24.3 Å². The maximum absolute atomic E-state index is 12.4. The van der Waals surface area contributed by atoms with Crippen LogP contribution in [0, 0.1) is 0 Å². The topological polar surface area (TPSA) is 69.6 Å². The molecule has 0 rings (SSSR count). The fourth-order valence-corrected chi connectivity index (χ4v) is 6.63. The van der Waals surface area contributed by atoms with Crippen molar-refractivity contribution in [3.05, 3.63) is 24.3 Å². The summed E-state index contributed by atoms with van der Waals surface area (Å²) >= 11 is 0. The zero-order valence-electron chi connectivity index (χ0n) is 32.5. The molecule has 0 saturated heterocycles. The van der Waals surface area contributed by atoms with Gasteiger partial charge in [0, 0.05) is 6.42 Å². The minimum absolute atomic E-state index is 0.0359. The van der Waals surface area contributed by atoms with E-state index in [4.69, 9.17) is 0 Å². The summed E-state index contributed by atoms with van der Waals surface area (Å²) in [6, 6.07) is -0.535.